The van der Waals surface area contributed by atoms with Crippen molar-refractivity contribution in [2.75, 3.05) is 18.6 Å². The first-order valence-electron chi connectivity index (χ1n) is 7.09. The van der Waals surface area contributed by atoms with Crippen LogP contribution in [0, 0.1) is 6.92 Å². The summed E-state index contributed by atoms with van der Waals surface area (Å²) in [5.74, 6) is 2.69. The molecule has 1 aromatic heterocycles. The second-order valence-electron chi connectivity index (χ2n) is 4.92. The summed E-state index contributed by atoms with van der Waals surface area (Å²) in [6, 6.07) is 5.68. The molecule has 0 radical (unpaired) electrons. The third kappa shape index (κ3) is 3.79. The van der Waals surface area contributed by atoms with E-state index in [0.717, 1.165) is 17.2 Å². The van der Waals surface area contributed by atoms with Crippen LogP contribution >= 0.6 is 23.5 Å². The van der Waals surface area contributed by atoms with Crippen LogP contribution in [-0.4, -0.2) is 34.6 Å². The Bertz CT molecular complexity index is 701. The predicted molar refractivity (Wildman–Crippen MR) is 92.4 cm³/mol. The van der Waals surface area contributed by atoms with Crippen LogP contribution in [0.2, 0.25) is 0 Å². The van der Waals surface area contributed by atoms with E-state index in [2.05, 4.69) is 9.97 Å². The molecule has 7 heteroatoms. The molecule has 1 fully saturated rings. The minimum atomic E-state index is -0.548. The molecule has 0 aliphatic carbocycles. The van der Waals surface area contributed by atoms with Crippen LogP contribution in [0.1, 0.15) is 26.3 Å². The van der Waals surface area contributed by atoms with Crippen LogP contribution in [-0.2, 0) is 0 Å². The Morgan fingerprint density at radius 2 is 1.96 bits per heavy atom. The monoisotopic (exact) mass is 348 g/mol. The molecule has 2 heterocycles. The largest absolute Gasteiger partial charge is 0.493 e. The fourth-order valence-corrected chi connectivity index (χ4v) is 4.95. The molecular weight excluding hydrogens is 332 g/mol. The van der Waals surface area contributed by atoms with Gasteiger partial charge in [-0.15, -0.1) is 23.5 Å². The van der Waals surface area contributed by atoms with Crippen LogP contribution < -0.4 is 9.47 Å². The van der Waals surface area contributed by atoms with Crippen molar-refractivity contribution in [3.63, 3.8) is 0 Å². The number of hydrogen-bond acceptors (Lipinski definition) is 7. The number of aromatic nitrogens is 2. The van der Waals surface area contributed by atoms with Gasteiger partial charge in [0, 0.05) is 17.7 Å². The minimum Gasteiger partial charge on any atom is -0.493 e. The molecule has 0 unspecified atom stereocenters. The second-order valence-corrected chi connectivity index (χ2v) is 7.64. The Morgan fingerprint density at radius 1 is 1.17 bits per heavy atom. The lowest BCUT2D eigenvalue weighted by Gasteiger charge is -2.13. The van der Waals surface area contributed by atoms with Crippen molar-refractivity contribution >= 4 is 29.5 Å². The molecule has 0 N–H and O–H groups in total. The first kappa shape index (κ1) is 16.1. The highest BCUT2D eigenvalue weighted by atomic mass is 32.2. The molecule has 1 aliphatic rings. The Balaban J connectivity index is 1.79. The van der Waals surface area contributed by atoms with E-state index >= 15 is 0 Å². The highest BCUT2D eigenvalue weighted by Gasteiger charge is 2.21. The number of carbonyl (C=O) groups excluding carboxylic acids is 1. The number of ether oxygens (including phenoxy) is 2. The lowest BCUT2D eigenvalue weighted by molar-refractivity contribution is 0.0723. The topological polar surface area (TPSA) is 61.3 Å². The number of thioether (sulfide) groups is 2. The summed E-state index contributed by atoms with van der Waals surface area (Å²) in [6.07, 6.45) is 2.94. The van der Waals surface area contributed by atoms with Crippen molar-refractivity contribution in [3.8, 4) is 11.5 Å². The maximum atomic E-state index is 12.1. The summed E-state index contributed by atoms with van der Waals surface area (Å²) in [5, 5.41) is 0. The van der Waals surface area contributed by atoms with Gasteiger partial charge in [-0.05, 0) is 24.6 Å². The van der Waals surface area contributed by atoms with E-state index in [-0.39, 0.29) is 5.69 Å². The van der Waals surface area contributed by atoms with Gasteiger partial charge in [0.25, 0.3) is 0 Å². The van der Waals surface area contributed by atoms with Gasteiger partial charge in [0.15, 0.2) is 17.2 Å². The smallest absolute Gasteiger partial charge is 0.364 e. The predicted octanol–water partition coefficient (Wildman–Crippen LogP) is 3.49. The molecule has 2 aromatic rings. The summed E-state index contributed by atoms with van der Waals surface area (Å²) in [5.41, 5.74) is 2.09. The summed E-state index contributed by atoms with van der Waals surface area (Å²) >= 11 is 3.83. The molecule has 5 nitrogen and oxygen atoms in total. The first-order valence-corrected chi connectivity index (χ1v) is 9.19. The molecule has 0 saturated carbocycles. The van der Waals surface area contributed by atoms with E-state index < -0.39 is 5.97 Å². The van der Waals surface area contributed by atoms with Crippen LogP contribution in [0.4, 0.5) is 0 Å². The van der Waals surface area contributed by atoms with Gasteiger partial charge in [-0.25, -0.2) is 9.78 Å². The SMILES string of the molecule is COc1cc(C2SCCS2)ccc1OC(=O)c1cnc(C)cn1. The fourth-order valence-electron chi connectivity index (χ4n) is 2.12. The van der Waals surface area contributed by atoms with E-state index in [1.54, 1.807) is 13.2 Å². The standard InChI is InChI=1S/C16H16N2O3S2/c1-10-8-18-12(9-17-10)15(19)21-13-4-3-11(7-14(13)20-2)16-22-5-6-23-16/h3-4,7-9,16H,5-6H2,1-2H3. The van der Waals surface area contributed by atoms with E-state index in [9.17, 15) is 4.79 Å². The molecule has 0 bridgehead atoms. The van der Waals surface area contributed by atoms with Gasteiger partial charge >= 0.3 is 5.97 Å². The van der Waals surface area contributed by atoms with E-state index in [1.807, 2.05) is 42.6 Å². The van der Waals surface area contributed by atoms with Crippen LogP contribution in [0.15, 0.2) is 30.6 Å². The van der Waals surface area contributed by atoms with Gasteiger partial charge in [0.05, 0.1) is 23.6 Å². The number of benzene rings is 1. The Labute approximate surface area is 143 Å². The van der Waals surface area contributed by atoms with Gasteiger partial charge in [0.2, 0.25) is 0 Å². The van der Waals surface area contributed by atoms with E-state index in [0.29, 0.717) is 16.1 Å². The number of nitrogens with zero attached hydrogens (tertiary/aromatic N) is 2. The van der Waals surface area contributed by atoms with Crippen molar-refractivity contribution in [1.29, 1.82) is 0 Å². The number of methoxy groups -OCH3 is 1. The van der Waals surface area contributed by atoms with Crippen LogP contribution in [0.5, 0.6) is 11.5 Å². The van der Waals surface area contributed by atoms with Crippen molar-refractivity contribution in [2.24, 2.45) is 0 Å². The summed E-state index contributed by atoms with van der Waals surface area (Å²) in [4.78, 5) is 20.2. The lowest BCUT2D eigenvalue weighted by Crippen LogP contribution is -2.12. The molecule has 3 rings (SSSR count). The molecule has 1 aliphatic heterocycles. The molecule has 1 saturated heterocycles. The molecule has 23 heavy (non-hydrogen) atoms. The van der Waals surface area contributed by atoms with Gasteiger partial charge in [-0.3, -0.25) is 4.98 Å². The minimum absolute atomic E-state index is 0.170. The van der Waals surface area contributed by atoms with Gasteiger partial charge in [-0.1, -0.05) is 6.07 Å². The maximum Gasteiger partial charge on any atom is 0.364 e. The zero-order chi connectivity index (χ0) is 16.2. The molecule has 1 aromatic carbocycles. The second kappa shape index (κ2) is 7.23. The number of aryl methyl sites for hydroxylation is 1. The van der Waals surface area contributed by atoms with Gasteiger partial charge in [-0.2, -0.15) is 0 Å². The lowest BCUT2D eigenvalue weighted by atomic mass is 10.2. The molecule has 0 amide bonds. The van der Waals surface area contributed by atoms with Crippen LogP contribution in [0.25, 0.3) is 0 Å². The molecule has 0 spiro atoms. The highest BCUT2D eigenvalue weighted by molar-refractivity contribution is 8.19. The molecule has 0 atom stereocenters. The molecule has 120 valence electrons. The zero-order valence-electron chi connectivity index (χ0n) is 12.8. The van der Waals surface area contributed by atoms with Crippen LogP contribution in [0.3, 0.4) is 0 Å². The number of esters is 1. The average Bonchev–Trinajstić information content (AvgIpc) is 3.10. The zero-order valence-corrected chi connectivity index (χ0v) is 14.4. The summed E-state index contributed by atoms with van der Waals surface area (Å²) in [7, 11) is 1.57. The number of hydrogen-bond donors (Lipinski definition) is 0. The Morgan fingerprint density at radius 3 is 2.61 bits per heavy atom. The summed E-state index contributed by atoms with van der Waals surface area (Å²) in [6.45, 7) is 1.81. The van der Waals surface area contributed by atoms with E-state index in [4.69, 9.17) is 9.47 Å². The maximum absolute atomic E-state index is 12.1. The fraction of sp³-hybridized carbons (Fsp3) is 0.312. The highest BCUT2D eigenvalue weighted by Crippen LogP contribution is 2.46. The van der Waals surface area contributed by atoms with E-state index in [1.165, 1.54) is 18.0 Å². The number of carbonyl (C=O) groups is 1. The number of rotatable bonds is 4. The first-order chi connectivity index (χ1) is 11.2. The normalized spacial score (nSPS) is 14.7. The average molecular weight is 348 g/mol. The quantitative estimate of drug-likeness (QED) is 0.619. The van der Waals surface area contributed by atoms with Gasteiger partial charge < -0.3 is 9.47 Å². The third-order valence-corrected chi connectivity index (χ3v) is 6.38. The van der Waals surface area contributed by atoms with Crippen molar-refractivity contribution in [2.45, 2.75) is 11.5 Å². The van der Waals surface area contributed by atoms with Gasteiger partial charge in [0.1, 0.15) is 0 Å². The summed E-state index contributed by atoms with van der Waals surface area (Å²) < 4.78 is 11.2. The Hall–Kier alpha value is -1.73. The Kier molecular flexibility index (Phi) is 5.07. The third-order valence-electron chi connectivity index (χ3n) is 3.27. The molecular formula is C16H16N2O3S2. The van der Waals surface area contributed by atoms with Crippen molar-refractivity contribution in [1.82, 2.24) is 9.97 Å². The van der Waals surface area contributed by atoms with Crippen molar-refractivity contribution in [3.05, 3.63) is 47.5 Å². The van der Waals surface area contributed by atoms with Crippen molar-refractivity contribution < 1.29 is 14.3 Å².